The molecule has 0 radical (unpaired) electrons. The minimum absolute atomic E-state index is 0.0178. The van der Waals surface area contributed by atoms with Gasteiger partial charge < -0.3 is 0 Å². The Bertz CT molecular complexity index is 939. The molecule has 7 nitrogen and oxygen atoms in total. The second-order valence-corrected chi connectivity index (χ2v) is 5.85. The lowest BCUT2D eigenvalue weighted by Gasteiger charge is -2.14. The fourth-order valence-corrected chi connectivity index (χ4v) is 2.62. The number of aryl methyl sites for hydroxylation is 1. The van der Waals surface area contributed by atoms with E-state index in [0.717, 1.165) is 10.6 Å². The molecule has 2 aromatic carbocycles. The van der Waals surface area contributed by atoms with Crippen molar-refractivity contribution < 1.29 is 14.5 Å². The van der Waals surface area contributed by atoms with Gasteiger partial charge in [0.15, 0.2) is 0 Å². The maximum absolute atomic E-state index is 12.5. The second-order valence-electron chi connectivity index (χ2n) is 5.45. The molecule has 126 valence electrons. The highest BCUT2D eigenvalue weighted by Crippen LogP contribution is 2.27. The number of amides is 2. The Hall–Kier alpha value is -3.19. The molecule has 1 fully saturated rings. The number of anilines is 1. The van der Waals surface area contributed by atoms with Crippen molar-refractivity contribution in [3.63, 3.8) is 0 Å². The minimum atomic E-state index is -0.625. The molecule has 2 amide bonds. The van der Waals surface area contributed by atoms with Gasteiger partial charge in [-0.2, -0.15) is 0 Å². The third-order valence-electron chi connectivity index (χ3n) is 3.63. The van der Waals surface area contributed by atoms with Gasteiger partial charge in [0.2, 0.25) is 0 Å². The Kier molecular flexibility index (Phi) is 4.24. The van der Waals surface area contributed by atoms with Gasteiger partial charge in [0, 0.05) is 6.07 Å². The lowest BCUT2D eigenvalue weighted by molar-refractivity contribution is -0.384. The summed E-state index contributed by atoms with van der Waals surface area (Å²) < 4.78 is 0. The highest BCUT2D eigenvalue weighted by atomic mass is 35.5. The number of halogens is 1. The summed E-state index contributed by atoms with van der Waals surface area (Å²) in [6.07, 6.45) is 1.30. The number of carbonyl (C=O) groups is 2. The Morgan fingerprint density at radius 1 is 1.20 bits per heavy atom. The van der Waals surface area contributed by atoms with Gasteiger partial charge in [-0.25, -0.2) is 5.01 Å². The van der Waals surface area contributed by atoms with Gasteiger partial charge in [0.1, 0.15) is 10.6 Å². The second kappa shape index (κ2) is 6.37. The summed E-state index contributed by atoms with van der Waals surface area (Å²) in [6, 6.07) is 11.2. The number of rotatable bonds is 3. The van der Waals surface area contributed by atoms with E-state index in [1.807, 2.05) is 13.0 Å². The van der Waals surface area contributed by atoms with E-state index in [1.165, 1.54) is 24.3 Å². The summed E-state index contributed by atoms with van der Waals surface area (Å²) in [6.45, 7) is 1.87. The number of nitrogens with one attached hydrogen (secondary N) is 1. The summed E-state index contributed by atoms with van der Waals surface area (Å²) in [5, 5.41) is 12.1. The van der Waals surface area contributed by atoms with Crippen molar-refractivity contribution in [1.29, 1.82) is 0 Å². The third-order valence-corrected chi connectivity index (χ3v) is 3.95. The lowest BCUT2D eigenvalue weighted by atomic mass is 10.1. The first-order valence-electron chi connectivity index (χ1n) is 7.24. The zero-order valence-electron chi connectivity index (χ0n) is 13.0. The molecule has 0 aliphatic carbocycles. The largest absolute Gasteiger partial charge is 0.288 e. The van der Waals surface area contributed by atoms with Crippen LogP contribution in [0.5, 0.6) is 0 Å². The molecule has 0 atom stereocenters. The molecule has 25 heavy (non-hydrogen) atoms. The topological polar surface area (TPSA) is 92.6 Å². The molecule has 0 bridgehead atoms. The number of nitrogens with zero attached hydrogens (tertiary/aromatic N) is 2. The summed E-state index contributed by atoms with van der Waals surface area (Å²) in [4.78, 5) is 35.0. The van der Waals surface area contributed by atoms with Gasteiger partial charge in [-0.3, -0.25) is 25.1 Å². The number of nitro groups is 1. The Balaban J connectivity index is 1.97. The SMILES string of the molecule is Cc1cccc(N2NC(=O)C(=Cc3ccc(Cl)c([N+](=O)[O-])c3)C2=O)c1. The number of carbonyl (C=O) groups excluding carboxylic acids is 2. The number of benzene rings is 2. The lowest BCUT2D eigenvalue weighted by Crippen LogP contribution is -2.35. The van der Waals surface area contributed by atoms with Crippen molar-refractivity contribution in [1.82, 2.24) is 5.43 Å². The van der Waals surface area contributed by atoms with E-state index < -0.39 is 16.7 Å². The van der Waals surface area contributed by atoms with E-state index in [-0.39, 0.29) is 16.3 Å². The molecule has 1 saturated heterocycles. The smallest absolute Gasteiger partial charge is 0.267 e. The Morgan fingerprint density at radius 2 is 1.96 bits per heavy atom. The summed E-state index contributed by atoms with van der Waals surface area (Å²) in [5.74, 6) is -1.11. The molecule has 1 N–H and O–H groups in total. The third kappa shape index (κ3) is 3.22. The normalized spacial score (nSPS) is 15.6. The summed E-state index contributed by atoms with van der Waals surface area (Å²) in [7, 11) is 0. The highest BCUT2D eigenvalue weighted by Gasteiger charge is 2.34. The maximum Gasteiger partial charge on any atom is 0.288 e. The van der Waals surface area contributed by atoms with E-state index in [4.69, 9.17) is 11.6 Å². The predicted molar refractivity (Wildman–Crippen MR) is 92.9 cm³/mol. The van der Waals surface area contributed by atoms with Crippen LogP contribution >= 0.6 is 11.6 Å². The van der Waals surface area contributed by atoms with Crippen LogP contribution in [0.2, 0.25) is 5.02 Å². The van der Waals surface area contributed by atoms with Crippen molar-refractivity contribution >= 4 is 40.9 Å². The van der Waals surface area contributed by atoms with Crippen LogP contribution in [0.15, 0.2) is 48.0 Å². The van der Waals surface area contributed by atoms with Crippen LogP contribution in [0.25, 0.3) is 6.08 Å². The van der Waals surface area contributed by atoms with E-state index in [1.54, 1.807) is 18.2 Å². The van der Waals surface area contributed by atoms with Crippen LogP contribution in [0, 0.1) is 17.0 Å². The van der Waals surface area contributed by atoms with Crippen LogP contribution in [-0.4, -0.2) is 16.7 Å². The average molecular weight is 358 g/mol. The van der Waals surface area contributed by atoms with Gasteiger partial charge in [-0.1, -0.05) is 29.8 Å². The van der Waals surface area contributed by atoms with Crippen LogP contribution in [-0.2, 0) is 9.59 Å². The van der Waals surface area contributed by atoms with Gasteiger partial charge in [-0.05, 0) is 42.3 Å². The van der Waals surface area contributed by atoms with Crippen LogP contribution in [0.3, 0.4) is 0 Å². The molecule has 3 rings (SSSR count). The Morgan fingerprint density at radius 3 is 2.64 bits per heavy atom. The van der Waals surface area contributed by atoms with Crippen molar-refractivity contribution in [3.8, 4) is 0 Å². The van der Waals surface area contributed by atoms with Crippen LogP contribution in [0.4, 0.5) is 11.4 Å². The summed E-state index contributed by atoms with van der Waals surface area (Å²) in [5.41, 5.74) is 3.88. The molecule has 0 spiro atoms. The fraction of sp³-hybridized carbons (Fsp3) is 0.0588. The van der Waals surface area contributed by atoms with E-state index in [9.17, 15) is 19.7 Å². The maximum atomic E-state index is 12.5. The van der Waals surface area contributed by atoms with E-state index in [2.05, 4.69) is 5.43 Å². The van der Waals surface area contributed by atoms with Gasteiger partial charge in [-0.15, -0.1) is 0 Å². The molecule has 0 unspecified atom stereocenters. The van der Waals surface area contributed by atoms with Gasteiger partial charge >= 0.3 is 0 Å². The number of nitro benzene ring substituents is 1. The Labute approximate surface area is 147 Å². The number of hydrogen-bond donors (Lipinski definition) is 1. The van der Waals surface area contributed by atoms with Crippen molar-refractivity contribution in [2.75, 3.05) is 5.01 Å². The molecule has 1 aliphatic rings. The van der Waals surface area contributed by atoms with E-state index in [0.29, 0.717) is 11.3 Å². The minimum Gasteiger partial charge on any atom is -0.267 e. The van der Waals surface area contributed by atoms with Crippen molar-refractivity contribution in [2.45, 2.75) is 6.92 Å². The molecule has 0 aromatic heterocycles. The monoisotopic (exact) mass is 357 g/mol. The van der Waals surface area contributed by atoms with Crippen LogP contribution in [0.1, 0.15) is 11.1 Å². The number of hydrazine groups is 1. The first-order valence-corrected chi connectivity index (χ1v) is 7.62. The van der Waals surface area contributed by atoms with E-state index >= 15 is 0 Å². The number of hydrogen-bond acceptors (Lipinski definition) is 4. The average Bonchev–Trinajstić information content (AvgIpc) is 2.84. The predicted octanol–water partition coefficient (Wildman–Crippen LogP) is 3.02. The van der Waals surface area contributed by atoms with Crippen molar-refractivity contribution in [2.24, 2.45) is 0 Å². The first kappa shape index (κ1) is 16.7. The molecule has 1 heterocycles. The molecule has 1 aliphatic heterocycles. The fourth-order valence-electron chi connectivity index (χ4n) is 2.43. The van der Waals surface area contributed by atoms with Crippen LogP contribution < -0.4 is 10.4 Å². The molecular weight excluding hydrogens is 346 g/mol. The molecular formula is C17H12ClN3O4. The summed E-state index contributed by atoms with van der Waals surface area (Å²) >= 11 is 5.77. The van der Waals surface area contributed by atoms with Crippen molar-refractivity contribution in [3.05, 3.63) is 74.3 Å². The highest BCUT2D eigenvalue weighted by molar-refractivity contribution is 6.33. The molecule has 0 saturated carbocycles. The standard InChI is InChI=1S/C17H12ClN3O4/c1-10-3-2-4-12(7-10)20-17(23)13(16(22)19-20)8-11-5-6-14(18)15(9-11)21(24)25/h2-9H,1H3,(H,19,22). The molecule has 8 heteroatoms. The first-order chi connectivity index (χ1) is 11.9. The quantitative estimate of drug-likeness (QED) is 0.395. The zero-order valence-corrected chi connectivity index (χ0v) is 13.8. The molecule has 2 aromatic rings. The zero-order chi connectivity index (χ0) is 18.1. The van der Waals surface area contributed by atoms with Gasteiger partial charge in [0.05, 0.1) is 10.6 Å². The van der Waals surface area contributed by atoms with Gasteiger partial charge in [0.25, 0.3) is 17.5 Å².